The van der Waals surface area contributed by atoms with E-state index in [2.05, 4.69) is 0 Å². The highest BCUT2D eigenvalue weighted by Crippen LogP contribution is 2.22. The third-order valence-corrected chi connectivity index (χ3v) is 4.45. The molecule has 0 spiro atoms. The molecule has 0 aliphatic heterocycles. The fourth-order valence-corrected chi connectivity index (χ4v) is 3.33. The molecule has 0 fully saturated rings. The molecule has 0 bridgehead atoms. The molecule has 2 aromatic rings. The average Bonchev–Trinajstić information content (AvgIpc) is 2.37. The maximum atomic E-state index is 13.3. The van der Waals surface area contributed by atoms with Crippen LogP contribution in [-0.2, 0) is 15.6 Å². The molecule has 2 rings (SSSR count). The van der Waals surface area contributed by atoms with Crippen molar-refractivity contribution >= 4 is 15.5 Å². The predicted molar refractivity (Wildman–Crippen MR) is 72.9 cm³/mol. The Bertz CT molecular complexity index is 795. The maximum absolute atomic E-state index is 13.3. The fraction of sp³-hybridized carbons (Fsp3) is 0.0714. The van der Waals surface area contributed by atoms with Crippen molar-refractivity contribution in [3.8, 4) is 6.07 Å². The van der Waals surface area contributed by atoms with Crippen molar-refractivity contribution in [1.29, 1.82) is 5.26 Å². The number of hydrogen-bond acceptors (Lipinski definition) is 4. The molecule has 20 heavy (non-hydrogen) atoms. The first-order valence-corrected chi connectivity index (χ1v) is 7.34. The molecule has 0 saturated carbocycles. The maximum Gasteiger partial charge on any atom is 0.184 e. The highest BCUT2D eigenvalue weighted by molar-refractivity contribution is 7.90. The largest absolute Gasteiger partial charge is 0.398 e. The summed E-state index contributed by atoms with van der Waals surface area (Å²) in [6.07, 6.45) is 0. The number of rotatable bonds is 3. The number of para-hydroxylation sites is 1. The summed E-state index contributed by atoms with van der Waals surface area (Å²) in [6, 6.07) is 11.4. The molecule has 0 atom stereocenters. The number of halogens is 1. The van der Waals surface area contributed by atoms with Crippen molar-refractivity contribution in [2.45, 2.75) is 10.6 Å². The van der Waals surface area contributed by atoms with Gasteiger partial charge < -0.3 is 5.73 Å². The molecule has 102 valence electrons. The molecule has 0 unspecified atom stereocenters. The normalized spacial score (nSPS) is 11.0. The summed E-state index contributed by atoms with van der Waals surface area (Å²) in [4.78, 5) is 0.00256. The number of nitriles is 1. The number of anilines is 1. The zero-order chi connectivity index (χ0) is 14.8. The summed E-state index contributed by atoms with van der Waals surface area (Å²) in [5.41, 5.74) is 6.08. The molecular weight excluding hydrogens is 279 g/mol. The van der Waals surface area contributed by atoms with Crippen LogP contribution in [0.5, 0.6) is 0 Å². The Balaban J connectivity index is 2.42. The van der Waals surface area contributed by atoms with Crippen molar-refractivity contribution in [2.75, 3.05) is 5.73 Å². The minimum absolute atomic E-state index is 0.00256. The Morgan fingerprint density at radius 1 is 1.20 bits per heavy atom. The molecule has 0 aliphatic rings. The molecule has 2 aromatic carbocycles. The van der Waals surface area contributed by atoms with Crippen LogP contribution in [0.2, 0.25) is 0 Å². The third kappa shape index (κ3) is 2.95. The van der Waals surface area contributed by atoms with Gasteiger partial charge in [0.15, 0.2) is 9.84 Å². The van der Waals surface area contributed by atoms with Gasteiger partial charge in [0.2, 0.25) is 0 Å². The van der Waals surface area contributed by atoms with E-state index < -0.39 is 21.4 Å². The van der Waals surface area contributed by atoms with Crippen LogP contribution in [0, 0.1) is 17.1 Å². The standard InChI is InChI=1S/C14H11FN2O2S/c15-12-6-10(8-16)5-11(7-12)9-20(18,19)14-4-2-1-3-13(14)17/h1-7H,9,17H2. The lowest BCUT2D eigenvalue weighted by Crippen LogP contribution is -2.08. The van der Waals surface area contributed by atoms with Gasteiger partial charge in [0.25, 0.3) is 0 Å². The Morgan fingerprint density at radius 2 is 1.90 bits per heavy atom. The van der Waals surface area contributed by atoms with Gasteiger partial charge in [-0.25, -0.2) is 12.8 Å². The van der Waals surface area contributed by atoms with E-state index in [1.54, 1.807) is 18.2 Å². The van der Waals surface area contributed by atoms with Crippen LogP contribution in [0.3, 0.4) is 0 Å². The summed E-state index contributed by atoms with van der Waals surface area (Å²) in [5.74, 6) is -1.05. The summed E-state index contributed by atoms with van der Waals surface area (Å²) < 4.78 is 37.8. The van der Waals surface area contributed by atoms with E-state index in [-0.39, 0.29) is 21.7 Å². The molecule has 0 heterocycles. The Labute approximate surface area is 116 Å². The molecule has 0 saturated heterocycles. The van der Waals surface area contributed by atoms with Gasteiger partial charge in [-0.05, 0) is 35.9 Å². The molecule has 0 aromatic heterocycles. The second-order valence-corrected chi connectivity index (χ2v) is 6.21. The van der Waals surface area contributed by atoms with Crippen LogP contribution in [0.25, 0.3) is 0 Å². The molecule has 0 aliphatic carbocycles. The lowest BCUT2D eigenvalue weighted by Gasteiger charge is -2.07. The SMILES string of the molecule is N#Cc1cc(F)cc(CS(=O)(=O)c2ccccc2N)c1. The van der Waals surface area contributed by atoms with Crippen LogP contribution in [0.15, 0.2) is 47.4 Å². The Hall–Kier alpha value is -2.39. The van der Waals surface area contributed by atoms with Crippen molar-refractivity contribution in [3.05, 3.63) is 59.4 Å². The van der Waals surface area contributed by atoms with Crippen LogP contribution in [0.4, 0.5) is 10.1 Å². The number of nitrogens with two attached hydrogens (primary N) is 1. The number of hydrogen-bond donors (Lipinski definition) is 1. The van der Waals surface area contributed by atoms with Gasteiger partial charge in [0.05, 0.1) is 28.0 Å². The average molecular weight is 290 g/mol. The number of benzene rings is 2. The zero-order valence-corrected chi connectivity index (χ0v) is 11.2. The van der Waals surface area contributed by atoms with E-state index in [0.29, 0.717) is 0 Å². The molecule has 6 heteroatoms. The second kappa shape index (κ2) is 5.31. The highest BCUT2D eigenvalue weighted by atomic mass is 32.2. The minimum Gasteiger partial charge on any atom is -0.398 e. The summed E-state index contributed by atoms with van der Waals surface area (Å²) >= 11 is 0. The smallest absolute Gasteiger partial charge is 0.184 e. The molecule has 0 amide bonds. The lowest BCUT2D eigenvalue weighted by atomic mass is 10.1. The monoisotopic (exact) mass is 290 g/mol. The van der Waals surface area contributed by atoms with Gasteiger partial charge in [0, 0.05) is 0 Å². The van der Waals surface area contributed by atoms with E-state index in [4.69, 9.17) is 11.0 Å². The number of nitrogens with zero attached hydrogens (tertiary/aromatic N) is 1. The second-order valence-electron chi connectivity index (χ2n) is 4.26. The zero-order valence-electron chi connectivity index (χ0n) is 10.4. The quantitative estimate of drug-likeness (QED) is 0.879. The Morgan fingerprint density at radius 3 is 2.55 bits per heavy atom. The lowest BCUT2D eigenvalue weighted by molar-refractivity contribution is 0.595. The van der Waals surface area contributed by atoms with Crippen LogP contribution in [-0.4, -0.2) is 8.42 Å². The minimum atomic E-state index is -3.69. The van der Waals surface area contributed by atoms with Crippen molar-refractivity contribution < 1.29 is 12.8 Å². The van der Waals surface area contributed by atoms with Gasteiger partial charge in [0.1, 0.15) is 5.82 Å². The number of sulfone groups is 1. The first kappa shape index (κ1) is 14.0. The van der Waals surface area contributed by atoms with E-state index in [1.807, 2.05) is 0 Å². The van der Waals surface area contributed by atoms with E-state index in [0.717, 1.165) is 12.1 Å². The predicted octanol–water partition coefficient (Wildman–Crippen LogP) is 2.25. The van der Waals surface area contributed by atoms with E-state index in [1.165, 1.54) is 18.2 Å². The third-order valence-electron chi connectivity index (χ3n) is 2.70. The molecule has 0 radical (unpaired) electrons. The van der Waals surface area contributed by atoms with Crippen molar-refractivity contribution in [1.82, 2.24) is 0 Å². The summed E-state index contributed by atoms with van der Waals surface area (Å²) in [5, 5.41) is 8.76. The first-order chi connectivity index (χ1) is 9.42. The van der Waals surface area contributed by atoms with E-state index >= 15 is 0 Å². The summed E-state index contributed by atoms with van der Waals surface area (Å²) in [7, 11) is -3.69. The van der Waals surface area contributed by atoms with Crippen LogP contribution >= 0.6 is 0 Å². The molecule has 2 N–H and O–H groups in total. The van der Waals surface area contributed by atoms with Gasteiger partial charge in [-0.3, -0.25) is 0 Å². The van der Waals surface area contributed by atoms with Crippen molar-refractivity contribution in [3.63, 3.8) is 0 Å². The van der Waals surface area contributed by atoms with Crippen LogP contribution < -0.4 is 5.73 Å². The summed E-state index contributed by atoms with van der Waals surface area (Å²) in [6.45, 7) is 0. The van der Waals surface area contributed by atoms with E-state index in [9.17, 15) is 12.8 Å². The number of nitrogen functional groups attached to an aromatic ring is 1. The topological polar surface area (TPSA) is 84.0 Å². The van der Waals surface area contributed by atoms with Gasteiger partial charge >= 0.3 is 0 Å². The first-order valence-electron chi connectivity index (χ1n) is 5.69. The highest BCUT2D eigenvalue weighted by Gasteiger charge is 2.18. The Kier molecular flexibility index (Phi) is 3.72. The van der Waals surface area contributed by atoms with Gasteiger partial charge in [-0.15, -0.1) is 0 Å². The molecular formula is C14H11FN2O2S. The van der Waals surface area contributed by atoms with Crippen molar-refractivity contribution in [2.24, 2.45) is 0 Å². The molecule has 4 nitrogen and oxygen atoms in total. The van der Waals surface area contributed by atoms with Crippen LogP contribution in [0.1, 0.15) is 11.1 Å². The van der Waals surface area contributed by atoms with Gasteiger partial charge in [-0.1, -0.05) is 12.1 Å². The van der Waals surface area contributed by atoms with Gasteiger partial charge in [-0.2, -0.15) is 5.26 Å². The fourth-order valence-electron chi connectivity index (χ4n) is 1.86.